The van der Waals surface area contributed by atoms with Crippen LogP contribution in [0.4, 0.5) is 0 Å². The fourth-order valence-corrected chi connectivity index (χ4v) is 3.01. The van der Waals surface area contributed by atoms with E-state index < -0.39 is 0 Å². The molecule has 3 heteroatoms. The van der Waals surface area contributed by atoms with Crippen LogP contribution < -0.4 is 0 Å². The van der Waals surface area contributed by atoms with Gasteiger partial charge in [0.2, 0.25) is 0 Å². The number of hydrogen-bond donors (Lipinski definition) is 0. The van der Waals surface area contributed by atoms with E-state index in [4.69, 9.17) is 5.26 Å². The first-order valence-electron chi connectivity index (χ1n) is 5.10. The standard InChI is InChI=1S/C10H16N2S/c11-4-3-10(9-1-2-9)12-5-7-13-8-6-12/h9-10H,1-3,5-8H2. The van der Waals surface area contributed by atoms with Crippen LogP contribution in [0.2, 0.25) is 0 Å². The summed E-state index contributed by atoms with van der Waals surface area (Å²) in [5, 5.41) is 8.76. The molecule has 0 spiro atoms. The van der Waals surface area contributed by atoms with Gasteiger partial charge in [-0.15, -0.1) is 0 Å². The van der Waals surface area contributed by atoms with Gasteiger partial charge in [0.15, 0.2) is 0 Å². The number of nitrogens with zero attached hydrogens (tertiary/aromatic N) is 2. The number of thioether (sulfide) groups is 1. The molecule has 0 radical (unpaired) electrons. The van der Waals surface area contributed by atoms with E-state index in [9.17, 15) is 0 Å². The highest BCUT2D eigenvalue weighted by Crippen LogP contribution is 2.37. The Bertz CT molecular complexity index is 201. The second-order valence-electron chi connectivity index (χ2n) is 3.92. The van der Waals surface area contributed by atoms with Crippen molar-refractivity contribution in [3.63, 3.8) is 0 Å². The summed E-state index contributed by atoms with van der Waals surface area (Å²) in [5.74, 6) is 3.37. The lowest BCUT2D eigenvalue weighted by Crippen LogP contribution is -2.42. The molecule has 1 saturated heterocycles. The normalized spacial score (nSPS) is 26.7. The lowest BCUT2D eigenvalue weighted by atomic mass is 10.1. The van der Waals surface area contributed by atoms with Gasteiger partial charge in [-0.1, -0.05) is 0 Å². The molecule has 0 N–H and O–H groups in total. The molecule has 0 amide bonds. The highest BCUT2D eigenvalue weighted by atomic mass is 32.2. The van der Waals surface area contributed by atoms with Gasteiger partial charge in [0.1, 0.15) is 0 Å². The van der Waals surface area contributed by atoms with Crippen LogP contribution in [0.3, 0.4) is 0 Å². The quantitative estimate of drug-likeness (QED) is 0.688. The van der Waals surface area contributed by atoms with Crippen molar-refractivity contribution in [2.45, 2.75) is 25.3 Å². The van der Waals surface area contributed by atoms with Crippen molar-refractivity contribution in [3.05, 3.63) is 0 Å². The minimum absolute atomic E-state index is 0.589. The van der Waals surface area contributed by atoms with Crippen LogP contribution in [0.5, 0.6) is 0 Å². The fraction of sp³-hybridized carbons (Fsp3) is 0.900. The number of nitriles is 1. The molecule has 2 fully saturated rings. The van der Waals surface area contributed by atoms with Crippen molar-refractivity contribution >= 4 is 11.8 Å². The van der Waals surface area contributed by atoms with Crippen LogP contribution in [-0.4, -0.2) is 35.5 Å². The largest absolute Gasteiger partial charge is 0.297 e. The highest BCUT2D eigenvalue weighted by Gasteiger charge is 2.35. The van der Waals surface area contributed by atoms with Gasteiger partial charge in [-0.2, -0.15) is 17.0 Å². The molecule has 72 valence electrons. The van der Waals surface area contributed by atoms with Crippen LogP contribution in [0, 0.1) is 17.2 Å². The minimum atomic E-state index is 0.589. The summed E-state index contributed by atoms with van der Waals surface area (Å²) >= 11 is 2.04. The summed E-state index contributed by atoms with van der Waals surface area (Å²) in [6, 6.07) is 2.93. The number of rotatable bonds is 3. The molecule has 1 saturated carbocycles. The SMILES string of the molecule is N#CCC(C1CC1)N1CCSCC1. The van der Waals surface area contributed by atoms with Gasteiger partial charge in [0.05, 0.1) is 12.5 Å². The summed E-state index contributed by atoms with van der Waals surface area (Å²) in [5.41, 5.74) is 0. The third-order valence-electron chi connectivity index (χ3n) is 2.98. The van der Waals surface area contributed by atoms with E-state index in [0.29, 0.717) is 6.04 Å². The summed E-state index contributed by atoms with van der Waals surface area (Å²) < 4.78 is 0. The first-order chi connectivity index (χ1) is 6.42. The molecule has 0 aromatic heterocycles. The van der Waals surface area contributed by atoms with E-state index >= 15 is 0 Å². The van der Waals surface area contributed by atoms with Crippen molar-refractivity contribution in [1.29, 1.82) is 5.26 Å². The third-order valence-corrected chi connectivity index (χ3v) is 3.92. The van der Waals surface area contributed by atoms with Gasteiger partial charge < -0.3 is 0 Å². The van der Waals surface area contributed by atoms with E-state index in [1.54, 1.807) is 0 Å². The molecule has 1 atom stereocenters. The molecule has 2 aliphatic rings. The van der Waals surface area contributed by atoms with Crippen LogP contribution in [0.15, 0.2) is 0 Å². The first-order valence-corrected chi connectivity index (χ1v) is 6.26. The Labute approximate surface area is 84.3 Å². The minimum Gasteiger partial charge on any atom is -0.297 e. The Morgan fingerprint density at radius 2 is 2.08 bits per heavy atom. The van der Waals surface area contributed by atoms with Gasteiger partial charge >= 0.3 is 0 Å². The lowest BCUT2D eigenvalue weighted by molar-refractivity contribution is 0.197. The Morgan fingerprint density at radius 1 is 1.38 bits per heavy atom. The predicted molar refractivity (Wildman–Crippen MR) is 55.6 cm³/mol. The van der Waals surface area contributed by atoms with Crippen molar-refractivity contribution in [3.8, 4) is 6.07 Å². The maximum Gasteiger partial charge on any atom is 0.0638 e. The van der Waals surface area contributed by atoms with Gasteiger partial charge in [-0.05, 0) is 18.8 Å². The molecule has 0 aromatic rings. The zero-order chi connectivity index (χ0) is 9.10. The van der Waals surface area contributed by atoms with E-state index in [1.165, 1.54) is 37.4 Å². The summed E-state index contributed by atoms with van der Waals surface area (Å²) in [6.45, 7) is 2.40. The second kappa shape index (κ2) is 4.34. The maximum absolute atomic E-state index is 8.76. The van der Waals surface area contributed by atoms with Gasteiger partial charge in [0, 0.05) is 30.6 Å². The molecular formula is C10H16N2S. The summed E-state index contributed by atoms with van der Waals surface area (Å²) in [7, 11) is 0. The topological polar surface area (TPSA) is 27.0 Å². The van der Waals surface area contributed by atoms with E-state index in [1.807, 2.05) is 11.8 Å². The molecule has 13 heavy (non-hydrogen) atoms. The second-order valence-corrected chi connectivity index (χ2v) is 5.14. The molecule has 1 heterocycles. The fourth-order valence-electron chi connectivity index (χ4n) is 2.08. The molecule has 1 unspecified atom stereocenters. The summed E-state index contributed by atoms with van der Waals surface area (Å²) in [4.78, 5) is 2.54. The van der Waals surface area contributed by atoms with Crippen LogP contribution in [-0.2, 0) is 0 Å². The van der Waals surface area contributed by atoms with E-state index in [0.717, 1.165) is 12.3 Å². The average molecular weight is 196 g/mol. The van der Waals surface area contributed by atoms with Gasteiger partial charge in [-0.25, -0.2) is 0 Å². The molecule has 0 aromatic carbocycles. The lowest BCUT2D eigenvalue weighted by Gasteiger charge is -2.33. The van der Waals surface area contributed by atoms with Crippen LogP contribution in [0.25, 0.3) is 0 Å². The molecule has 2 rings (SSSR count). The average Bonchev–Trinajstić information content (AvgIpc) is 2.99. The molecule has 2 nitrogen and oxygen atoms in total. The van der Waals surface area contributed by atoms with Gasteiger partial charge in [-0.3, -0.25) is 4.90 Å². The van der Waals surface area contributed by atoms with Gasteiger partial charge in [0.25, 0.3) is 0 Å². The highest BCUT2D eigenvalue weighted by molar-refractivity contribution is 7.99. The zero-order valence-corrected chi connectivity index (χ0v) is 8.72. The van der Waals surface area contributed by atoms with E-state index in [2.05, 4.69) is 11.0 Å². The Kier molecular flexibility index (Phi) is 3.13. The van der Waals surface area contributed by atoms with Crippen LogP contribution >= 0.6 is 11.8 Å². The number of hydrogen-bond acceptors (Lipinski definition) is 3. The Morgan fingerprint density at radius 3 is 2.62 bits per heavy atom. The maximum atomic E-state index is 8.76. The van der Waals surface area contributed by atoms with Crippen molar-refractivity contribution in [2.24, 2.45) is 5.92 Å². The predicted octanol–water partition coefficient (Wildman–Crippen LogP) is 1.73. The first kappa shape index (κ1) is 9.36. The monoisotopic (exact) mass is 196 g/mol. The van der Waals surface area contributed by atoms with Crippen molar-refractivity contribution in [1.82, 2.24) is 4.90 Å². The third kappa shape index (κ3) is 2.38. The molecule has 0 bridgehead atoms. The van der Waals surface area contributed by atoms with E-state index in [-0.39, 0.29) is 0 Å². The molecule has 1 aliphatic carbocycles. The Hall–Kier alpha value is -0.200. The van der Waals surface area contributed by atoms with Crippen molar-refractivity contribution in [2.75, 3.05) is 24.6 Å². The van der Waals surface area contributed by atoms with Crippen molar-refractivity contribution < 1.29 is 0 Å². The smallest absolute Gasteiger partial charge is 0.0638 e. The van der Waals surface area contributed by atoms with Crippen LogP contribution in [0.1, 0.15) is 19.3 Å². The molecule has 1 aliphatic heterocycles. The zero-order valence-electron chi connectivity index (χ0n) is 7.91. The summed E-state index contributed by atoms with van der Waals surface area (Å²) in [6.07, 6.45) is 3.46. The Balaban J connectivity index is 1.89. The molecular weight excluding hydrogens is 180 g/mol.